The van der Waals surface area contributed by atoms with E-state index in [0.29, 0.717) is 11.8 Å². The zero-order valence-corrected chi connectivity index (χ0v) is 10.2. The highest BCUT2D eigenvalue weighted by Gasteiger charge is 2.30. The number of hydrogen-bond acceptors (Lipinski definition) is 2. The lowest BCUT2D eigenvalue weighted by atomic mass is 9.89. The first-order chi connectivity index (χ1) is 7.29. The molecular formula is C12H21NOS. The third kappa shape index (κ3) is 2.90. The zero-order chi connectivity index (χ0) is 10.7. The quantitative estimate of drug-likeness (QED) is 0.734. The first-order valence-electron chi connectivity index (χ1n) is 6.18. The molecule has 1 aliphatic carbocycles. The Morgan fingerprint density at radius 3 is 2.53 bits per heavy atom. The summed E-state index contributed by atoms with van der Waals surface area (Å²) >= 11 is 4.28. The van der Waals surface area contributed by atoms with Gasteiger partial charge in [0.1, 0.15) is 0 Å². The maximum atomic E-state index is 11.7. The van der Waals surface area contributed by atoms with Crippen molar-refractivity contribution in [3.63, 3.8) is 0 Å². The fraction of sp³-hybridized carbons (Fsp3) is 0.917. The van der Waals surface area contributed by atoms with Gasteiger partial charge in [-0.15, -0.1) is 0 Å². The predicted molar refractivity (Wildman–Crippen MR) is 65.1 cm³/mol. The van der Waals surface area contributed by atoms with Crippen LogP contribution in [0.5, 0.6) is 0 Å². The number of carbonyl (C=O) groups is 1. The fourth-order valence-electron chi connectivity index (χ4n) is 2.83. The Kier molecular flexibility index (Phi) is 3.95. The Morgan fingerprint density at radius 2 is 1.93 bits per heavy atom. The largest absolute Gasteiger partial charge is 0.342 e. The summed E-state index contributed by atoms with van der Waals surface area (Å²) < 4.78 is 0. The molecule has 1 unspecified atom stereocenters. The molecule has 0 bridgehead atoms. The van der Waals surface area contributed by atoms with Crippen LogP contribution < -0.4 is 0 Å². The van der Waals surface area contributed by atoms with Gasteiger partial charge < -0.3 is 4.90 Å². The van der Waals surface area contributed by atoms with E-state index < -0.39 is 0 Å². The summed E-state index contributed by atoms with van der Waals surface area (Å²) in [6.07, 6.45) is 7.51. The van der Waals surface area contributed by atoms with Crippen molar-refractivity contribution in [1.82, 2.24) is 4.90 Å². The number of hydrogen-bond donors (Lipinski definition) is 1. The molecule has 0 radical (unpaired) electrons. The number of likely N-dealkylation sites (tertiary alicyclic amines) is 1. The van der Waals surface area contributed by atoms with Crippen molar-refractivity contribution in [3.8, 4) is 0 Å². The van der Waals surface area contributed by atoms with Crippen LogP contribution in [0.25, 0.3) is 0 Å². The van der Waals surface area contributed by atoms with Crippen molar-refractivity contribution >= 4 is 18.5 Å². The standard InChI is InChI=1S/C12H21NOS/c14-12-6-11(9-15)8-13(12)7-10-4-2-1-3-5-10/h10-11,15H,1-9H2. The number of carbonyl (C=O) groups excluding carboxylic acids is 1. The van der Waals surface area contributed by atoms with E-state index in [4.69, 9.17) is 0 Å². The molecule has 0 aromatic carbocycles. The lowest BCUT2D eigenvalue weighted by Crippen LogP contribution is -2.32. The second-order valence-corrected chi connectivity index (χ2v) is 5.42. The molecule has 1 heterocycles. The lowest BCUT2D eigenvalue weighted by Gasteiger charge is -2.27. The predicted octanol–water partition coefficient (Wildman–Crippen LogP) is 2.35. The van der Waals surface area contributed by atoms with Crippen molar-refractivity contribution in [2.75, 3.05) is 18.8 Å². The highest BCUT2D eigenvalue weighted by Crippen LogP contribution is 2.27. The van der Waals surface area contributed by atoms with Crippen LogP contribution in [0, 0.1) is 11.8 Å². The van der Waals surface area contributed by atoms with Crippen LogP contribution in [0.1, 0.15) is 38.5 Å². The van der Waals surface area contributed by atoms with Crippen LogP contribution >= 0.6 is 12.6 Å². The van der Waals surface area contributed by atoms with Gasteiger partial charge in [0, 0.05) is 19.5 Å². The number of rotatable bonds is 3. The van der Waals surface area contributed by atoms with Crippen molar-refractivity contribution in [2.45, 2.75) is 38.5 Å². The molecule has 1 saturated heterocycles. The Bertz CT molecular complexity index is 226. The Hall–Kier alpha value is -0.180. The van der Waals surface area contributed by atoms with Gasteiger partial charge in [-0.2, -0.15) is 12.6 Å². The summed E-state index contributed by atoms with van der Waals surface area (Å²) in [5.41, 5.74) is 0. The van der Waals surface area contributed by atoms with Crippen LogP contribution in [0.3, 0.4) is 0 Å². The second-order valence-electron chi connectivity index (χ2n) is 5.06. The van der Waals surface area contributed by atoms with Gasteiger partial charge in [-0.05, 0) is 30.4 Å². The first kappa shape index (κ1) is 11.3. The smallest absolute Gasteiger partial charge is 0.222 e. The van der Waals surface area contributed by atoms with Crippen molar-refractivity contribution in [2.24, 2.45) is 11.8 Å². The van der Waals surface area contributed by atoms with E-state index in [2.05, 4.69) is 17.5 Å². The van der Waals surface area contributed by atoms with Crippen LogP contribution in [0.2, 0.25) is 0 Å². The average molecular weight is 227 g/mol. The molecule has 1 aliphatic heterocycles. The van der Waals surface area contributed by atoms with E-state index >= 15 is 0 Å². The molecule has 1 saturated carbocycles. The fourth-order valence-corrected chi connectivity index (χ4v) is 3.08. The van der Waals surface area contributed by atoms with Gasteiger partial charge in [-0.25, -0.2) is 0 Å². The Morgan fingerprint density at radius 1 is 1.20 bits per heavy atom. The number of thiol groups is 1. The molecule has 3 heteroatoms. The van der Waals surface area contributed by atoms with Gasteiger partial charge in [0.2, 0.25) is 5.91 Å². The summed E-state index contributed by atoms with van der Waals surface area (Å²) in [7, 11) is 0. The first-order valence-corrected chi connectivity index (χ1v) is 6.81. The second kappa shape index (κ2) is 5.24. The Balaban J connectivity index is 1.81. The van der Waals surface area contributed by atoms with E-state index in [1.54, 1.807) is 0 Å². The molecule has 1 amide bonds. The minimum absolute atomic E-state index is 0.361. The minimum atomic E-state index is 0.361. The average Bonchev–Trinajstić information content (AvgIpc) is 2.61. The maximum Gasteiger partial charge on any atom is 0.222 e. The highest BCUT2D eigenvalue weighted by molar-refractivity contribution is 7.80. The van der Waals surface area contributed by atoms with Crippen molar-refractivity contribution < 1.29 is 4.79 Å². The monoisotopic (exact) mass is 227 g/mol. The molecule has 15 heavy (non-hydrogen) atoms. The molecule has 0 spiro atoms. The molecule has 2 rings (SSSR count). The zero-order valence-electron chi connectivity index (χ0n) is 9.32. The van der Waals surface area contributed by atoms with Gasteiger partial charge >= 0.3 is 0 Å². The molecule has 0 aromatic heterocycles. The number of amides is 1. The van der Waals surface area contributed by atoms with Gasteiger partial charge in [0.25, 0.3) is 0 Å². The molecule has 2 aliphatic rings. The van der Waals surface area contributed by atoms with Crippen LogP contribution in [0.15, 0.2) is 0 Å². The minimum Gasteiger partial charge on any atom is -0.342 e. The van der Waals surface area contributed by atoms with Crippen molar-refractivity contribution in [3.05, 3.63) is 0 Å². The van der Waals surface area contributed by atoms with Gasteiger partial charge in [-0.1, -0.05) is 19.3 Å². The van der Waals surface area contributed by atoms with E-state index in [1.807, 2.05) is 0 Å². The maximum absolute atomic E-state index is 11.7. The summed E-state index contributed by atoms with van der Waals surface area (Å²) in [6, 6.07) is 0. The number of nitrogens with zero attached hydrogens (tertiary/aromatic N) is 1. The van der Waals surface area contributed by atoms with Gasteiger partial charge in [0.15, 0.2) is 0 Å². The third-order valence-corrected chi connectivity index (χ3v) is 4.27. The highest BCUT2D eigenvalue weighted by atomic mass is 32.1. The van der Waals surface area contributed by atoms with Gasteiger partial charge in [0.05, 0.1) is 0 Å². The molecule has 86 valence electrons. The van der Waals surface area contributed by atoms with Crippen molar-refractivity contribution in [1.29, 1.82) is 0 Å². The van der Waals surface area contributed by atoms with Crippen LogP contribution in [-0.2, 0) is 4.79 Å². The summed E-state index contributed by atoms with van der Waals surface area (Å²) in [4.78, 5) is 13.8. The SMILES string of the molecule is O=C1CC(CS)CN1CC1CCCCC1. The Labute approximate surface area is 97.8 Å². The normalized spacial score (nSPS) is 28.7. The van der Waals surface area contributed by atoms with E-state index in [0.717, 1.165) is 31.2 Å². The molecule has 1 atom stereocenters. The molecule has 0 N–H and O–H groups in total. The lowest BCUT2D eigenvalue weighted by molar-refractivity contribution is -0.128. The molecule has 0 aromatic rings. The van der Waals surface area contributed by atoms with E-state index in [1.165, 1.54) is 32.1 Å². The van der Waals surface area contributed by atoms with Gasteiger partial charge in [-0.3, -0.25) is 4.79 Å². The van der Waals surface area contributed by atoms with Crippen LogP contribution in [0.4, 0.5) is 0 Å². The molecular weight excluding hydrogens is 206 g/mol. The van der Waals surface area contributed by atoms with Crippen LogP contribution in [-0.4, -0.2) is 29.6 Å². The summed E-state index contributed by atoms with van der Waals surface area (Å²) in [5.74, 6) is 2.50. The molecule has 2 nitrogen and oxygen atoms in total. The third-order valence-electron chi connectivity index (χ3n) is 3.76. The summed E-state index contributed by atoms with van der Waals surface area (Å²) in [6.45, 7) is 1.97. The summed E-state index contributed by atoms with van der Waals surface area (Å²) in [5, 5.41) is 0. The van der Waals surface area contributed by atoms with E-state index in [9.17, 15) is 4.79 Å². The topological polar surface area (TPSA) is 20.3 Å². The van der Waals surface area contributed by atoms with E-state index in [-0.39, 0.29) is 0 Å². The molecule has 2 fully saturated rings.